The van der Waals surface area contributed by atoms with Crippen molar-refractivity contribution < 1.29 is 9.50 Å². The van der Waals surface area contributed by atoms with Crippen molar-refractivity contribution in [3.63, 3.8) is 0 Å². The lowest BCUT2D eigenvalue weighted by Gasteiger charge is -2.08. The van der Waals surface area contributed by atoms with Crippen molar-refractivity contribution in [3.05, 3.63) is 57.8 Å². The summed E-state index contributed by atoms with van der Waals surface area (Å²) < 4.78 is 12.8. The van der Waals surface area contributed by atoms with E-state index in [2.05, 4.69) is 4.98 Å². The Labute approximate surface area is 104 Å². The standard InChI is InChI=1S/C14H14FNO2/c1-2-13-10(8-17)7-12(14(18)16-13)9-3-5-11(15)6-4-9/h3-7,17H,2,8H2,1H3,(H,16,18). The predicted octanol–water partition coefficient (Wildman–Crippen LogP) is 2.24. The Morgan fingerprint density at radius 1 is 1.28 bits per heavy atom. The van der Waals surface area contributed by atoms with Crippen LogP contribution in [0.1, 0.15) is 18.2 Å². The van der Waals surface area contributed by atoms with Crippen molar-refractivity contribution in [3.8, 4) is 11.1 Å². The highest BCUT2D eigenvalue weighted by Gasteiger charge is 2.08. The van der Waals surface area contributed by atoms with E-state index in [1.54, 1.807) is 18.2 Å². The normalized spacial score (nSPS) is 10.6. The molecule has 2 rings (SSSR count). The fourth-order valence-electron chi connectivity index (χ4n) is 1.91. The molecule has 0 aliphatic carbocycles. The van der Waals surface area contributed by atoms with Crippen molar-refractivity contribution in [2.45, 2.75) is 20.0 Å². The molecule has 18 heavy (non-hydrogen) atoms. The molecule has 0 spiro atoms. The van der Waals surface area contributed by atoms with Crippen LogP contribution in [0.3, 0.4) is 0 Å². The Balaban J connectivity index is 2.57. The number of aromatic nitrogens is 1. The summed E-state index contributed by atoms with van der Waals surface area (Å²) in [5, 5.41) is 9.27. The third kappa shape index (κ3) is 2.33. The van der Waals surface area contributed by atoms with Gasteiger partial charge in [-0.25, -0.2) is 4.39 Å². The minimum absolute atomic E-state index is 0.131. The molecular weight excluding hydrogens is 233 g/mol. The quantitative estimate of drug-likeness (QED) is 0.874. The van der Waals surface area contributed by atoms with Gasteiger partial charge in [0.05, 0.1) is 6.61 Å². The number of pyridine rings is 1. The monoisotopic (exact) mass is 247 g/mol. The molecule has 1 aromatic carbocycles. The molecule has 0 aliphatic heterocycles. The second-order valence-electron chi connectivity index (χ2n) is 4.03. The highest BCUT2D eigenvalue weighted by Crippen LogP contribution is 2.18. The fraction of sp³-hybridized carbons (Fsp3) is 0.214. The number of H-pyrrole nitrogens is 1. The number of halogens is 1. The average molecular weight is 247 g/mol. The van der Waals surface area contributed by atoms with Crippen LogP contribution in [0.25, 0.3) is 11.1 Å². The van der Waals surface area contributed by atoms with Crippen LogP contribution in [-0.4, -0.2) is 10.1 Å². The first-order valence-electron chi connectivity index (χ1n) is 5.77. The molecule has 0 unspecified atom stereocenters. The van der Waals surface area contributed by atoms with Crippen molar-refractivity contribution in [1.29, 1.82) is 0 Å². The Morgan fingerprint density at radius 2 is 1.94 bits per heavy atom. The zero-order valence-corrected chi connectivity index (χ0v) is 10.0. The van der Waals surface area contributed by atoms with Gasteiger partial charge in [0, 0.05) is 11.3 Å². The van der Waals surface area contributed by atoms with E-state index in [0.717, 1.165) is 5.69 Å². The van der Waals surface area contributed by atoms with Gasteiger partial charge in [0.25, 0.3) is 5.56 Å². The summed E-state index contributed by atoms with van der Waals surface area (Å²) in [6.45, 7) is 1.77. The topological polar surface area (TPSA) is 53.1 Å². The molecular formula is C14H14FNO2. The maximum Gasteiger partial charge on any atom is 0.256 e. The molecule has 4 heteroatoms. The molecule has 1 heterocycles. The van der Waals surface area contributed by atoms with Gasteiger partial charge >= 0.3 is 0 Å². The van der Waals surface area contributed by atoms with E-state index < -0.39 is 0 Å². The van der Waals surface area contributed by atoms with E-state index in [1.165, 1.54) is 12.1 Å². The summed E-state index contributed by atoms with van der Waals surface area (Å²) in [6, 6.07) is 7.37. The second-order valence-corrected chi connectivity index (χ2v) is 4.03. The predicted molar refractivity (Wildman–Crippen MR) is 67.8 cm³/mol. The maximum absolute atomic E-state index is 12.8. The van der Waals surface area contributed by atoms with Gasteiger partial charge in [0.15, 0.2) is 0 Å². The molecule has 94 valence electrons. The zero-order chi connectivity index (χ0) is 13.1. The number of aliphatic hydroxyl groups is 1. The summed E-state index contributed by atoms with van der Waals surface area (Å²) in [5.41, 5.74) is 2.27. The van der Waals surface area contributed by atoms with Crippen LogP contribution >= 0.6 is 0 Å². The lowest BCUT2D eigenvalue weighted by atomic mass is 10.0. The number of benzene rings is 1. The van der Waals surface area contributed by atoms with Crippen molar-refractivity contribution >= 4 is 0 Å². The molecule has 3 nitrogen and oxygen atoms in total. The second kappa shape index (κ2) is 5.14. The van der Waals surface area contributed by atoms with E-state index in [9.17, 15) is 14.3 Å². The first-order chi connectivity index (χ1) is 8.65. The van der Waals surface area contributed by atoms with E-state index in [1.807, 2.05) is 6.92 Å². The van der Waals surface area contributed by atoms with Crippen molar-refractivity contribution in [2.75, 3.05) is 0 Å². The molecule has 0 atom stereocenters. The lowest BCUT2D eigenvalue weighted by Crippen LogP contribution is -2.14. The van der Waals surface area contributed by atoms with Gasteiger partial charge in [-0.05, 0) is 35.7 Å². The van der Waals surface area contributed by atoms with Crippen LogP contribution in [0.4, 0.5) is 4.39 Å². The van der Waals surface area contributed by atoms with Gasteiger partial charge in [-0.15, -0.1) is 0 Å². The summed E-state index contributed by atoms with van der Waals surface area (Å²) in [4.78, 5) is 14.7. The SMILES string of the molecule is CCc1[nH]c(=O)c(-c2ccc(F)cc2)cc1CO. The fourth-order valence-corrected chi connectivity index (χ4v) is 1.91. The van der Waals surface area contributed by atoms with Crippen LogP contribution < -0.4 is 5.56 Å². The van der Waals surface area contributed by atoms with E-state index in [-0.39, 0.29) is 18.0 Å². The number of hydrogen-bond donors (Lipinski definition) is 2. The summed E-state index contributed by atoms with van der Waals surface area (Å²) in [7, 11) is 0. The van der Waals surface area contributed by atoms with Gasteiger partial charge in [-0.1, -0.05) is 19.1 Å². The summed E-state index contributed by atoms with van der Waals surface area (Å²) >= 11 is 0. The van der Waals surface area contributed by atoms with Crippen LogP contribution in [0, 0.1) is 5.82 Å². The van der Waals surface area contributed by atoms with Gasteiger partial charge < -0.3 is 10.1 Å². The lowest BCUT2D eigenvalue weighted by molar-refractivity contribution is 0.280. The van der Waals surface area contributed by atoms with Gasteiger partial charge in [-0.2, -0.15) is 0 Å². The third-order valence-electron chi connectivity index (χ3n) is 2.89. The molecule has 0 saturated carbocycles. The number of rotatable bonds is 3. The maximum atomic E-state index is 12.8. The molecule has 0 amide bonds. The molecule has 1 aromatic heterocycles. The number of aromatic amines is 1. The molecule has 2 N–H and O–H groups in total. The zero-order valence-electron chi connectivity index (χ0n) is 10.0. The van der Waals surface area contributed by atoms with E-state index in [4.69, 9.17) is 0 Å². The Bertz CT molecular complexity index is 602. The highest BCUT2D eigenvalue weighted by molar-refractivity contribution is 5.63. The smallest absolute Gasteiger partial charge is 0.256 e. The molecule has 2 aromatic rings. The first kappa shape index (κ1) is 12.5. The van der Waals surface area contributed by atoms with E-state index in [0.29, 0.717) is 23.1 Å². The minimum Gasteiger partial charge on any atom is -0.392 e. The summed E-state index contributed by atoms with van der Waals surface area (Å²) in [6.07, 6.45) is 0.648. The molecule has 0 saturated heterocycles. The summed E-state index contributed by atoms with van der Waals surface area (Å²) in [5.74, 6) is -0.345. The van der Waals surface area contributed by atoms with Crippen LogP contribution in [0.15, 0.2) is 35.1 Å². The minimum atomic E-state index is -0.345. The highest BCUT2D eigenvalue weighted by atomic mass is 19.1. The van der Waals surface area contributed by atoms with Crippen LogP contribution in [0.2, 0.25) is 0 Å². The van der Waals surface area contributed by atoms with Crippen LogP contribution in [0.5, 0.6) is 0 Å². The largest absolute Gasteiger partial charge is 0.392 e. The molecule has 0 fully saturated rings. The molecule has 0 radical (unpaired) electrons. The molecule has 0 bridgehead atoms. The number of nitrogens with one attached hydrogen (secondary N) is 1. The van der Waals surface area contributed by atoms with Crippen molar-refractivity contribution in [2.24, 2.45) is 0 Å². The van der Waals surface area contributed by atoms with Gasteiger partial charge in [-0.3, -0.25) is 4.79 Å². The number of hydrogen-bond acceptors (Lipinski definition) is 2. The Hall–Kier alpha value is -1.94. The third-order valence-corrected chi connectivity index (χ3v) is 2.89. The number of aliphatic hydroxyl groups excluding tert-OH is 1. The Kier molecular flexibility index (Phi) is 3.58. The van der Waals surface area contributed by atoms with Gasteiger partial charge in [0.2, 0.25) is 0 Å². The van der Waals surface area contributed by atoms with Crippen LogP contribution in [-0.2, 0) is 13.0 Å². The van der Waals surface area contributed by atoms with E-state index >= 15 is 0 Å². The van der Waals surface area contributed by atoms with Gasteiger partial charge in [0.1, 0.15) is 5.82 Å². The molecule has 0 aliphatic rings. The van der Waals surface area contributed by atoms with Crippen molar-refractivity contribution in [1.82, 2.24) is 4.98 Å². The average Bonchev–Trinajstić information content (AvgIpc) is 2.39. The number of aryl methyl sites for hydroxylation is 1. The first-order valence-corrected chi connectivity index (χ1v) is 5.77. The Morgan fingerprint density at radius 3 is 2.50 bits per heavy atom.